The number of hydrogen-bond donors (Lipinski definition) is 1. The Morgan fingerprint density at radius 1 is 1.16 bits per heavy atom. The predicted molar refractivity (Wildman–Crippen MR) is 79.8 cm³/mol. The molecule has 0 aliphatic heterocycles. The van der Waals surface area contributed by atoms with Gasteiger partial charge in [0.05, 0.1) is 11.7 Å². The largest absolute Gasteiger partial charge is 0.376 e. The zero-order valence-corrected chi connectivity index (χ0v) is 12.1. The van der Waals surface area contributed by atoms with Crippen molar-refractivity contribution < 1.29 is 4.39 Å². The van der Waals surface area contributed by atoms with Crippen LogP contribution in [-0.4, -0.2) is 0 Å². The lowest BCUT2D eigenvalue weighted by Crippen LogP contribution is -2.17. The second-order valence-corrected chi connectivity index (χ2v) is 5.83. The van der Waals surface area contributed by atoms with E-state index in [0.717, 1.165) is 23.7 Å². The van der Waals surface area contributed by atoms with Crippen molar-refractivity contribution in [2.24, 2.45) is 0 Å². The molecule has 0 heterocycles. The molecule has 3 rings (SSSR count). The molecule has 0 radical (unpaired) electrons. The summed E-state index contributed by atoms with van der Waals surface area (Å²) in [6.45, 7) is 0. The third-order valence-corrected chi connectivity index (χ3v) is 4.12. The van der Waals surface area contributed by atoms with Crippen molar-refractivity contribution >= 4 is 21.6 Å². The molecule has 3 heteroatoms. The molecule has 19 heavy (non-hydrogen) atoms. The number of aryl methyl sites for hydroxylation is 1. The molecule has 98 valence electrons. The summed E-state index contributed by atoms with van der Waals surface area (Å²) in [5.74, 6) is -0.211. The Hall–Kier alpha value is -1.35. The van der Waals surface area contributed by atoms with Crippen LogP contribution in [0.15, 0.2) is 46.9 Å². The van der Waals surface area contributed by atoms with Gasteiger partial charge in [0.15, 0.2) is 0 Å². The summed E-state index contributed by atoms with van der Waals surface area (Å²) in [6, 6.07) is 13.8. The average Bonchev–Trinajstić information content (AvgIpc) is 2.42. The molecule has 0 aromatic heterocycles. The van der Waals surface area contributed by atoms with E-state index in [1.54, 1.807) is 6.07 Å². The molecule has 0 saturated carbocycles. The molecule has 1 unspecified atom stereocenters. The van der Waals surface area contributed by atoms with E-state index in [2.05, 4.69) is 45.5 Å². The number of hydrogen-bond acceptors (Lipinski definition) is 1. The second kappa shape index (κ2) is 5.33. The van der Waals surface area contributed by atoms with Gasteiger partial charge in [-0.25, -0.2) is 4.39 Å². The van der Waals surface area contributed by atoms with Crippen LogP contribution in [0.2, 0.25) is 0 Å². The van der Waals surface area contributed by atoms with Crippen LogP contribution < -0.4 is 5.32 Å². The van der Waals surface area contributed by atoms with Gasteiger partial charge in [0.25, 0.3) is 0 Å². The van der Waals surface area contributed by atoms with E-state index in [1.165, 1.54) is 17.2 Å². The van der Waals surface area contributed by atoms with Gasteiger partial charge in [0.1, 0.15) is 5.82 Å². The molecule has 0 saturated heterocycles. The van der Waals surface area contributed by atoms with Gasteiger partial charge in [-0.15, -0.1) is 0 Å². The van der Waals surface area contributed by atoms with Crippen LogP contribution >= 0.6 is 15.9 Å². The minimum atomic E-state index is -0.211. The lowest BCUT2D eigenvalue weighted by molar-refractivity contribution is 0.586. The summed E-state index contributed by atoms with van der Waals surface area (Å²) in [6.07, 6.45) is 3.32. The summed E-state index contributed by atoms with van der Waals surface area (Å²) in [4.78, 5) is 0. The lowest BCUT2D eigenvalue weighted by atomic mass is 9.87. The third kappa shape index (κ3) is 2.66. The molecule has 1 nitrogen and oxygen atoms in total. The molecule has 1 atom stereocenters. The number of benzene rings is 2. The first-order chi connectivity index (χ1) is 9.24. The van der Waals surface area contributed by atoms with E-state index in [-0.39, 0.29) is 11.9 Å². The van der Waals surface area contributed by atoms with E-state index in [4.69, 9.17) is 0 Å². The van der Waals surface area contributed by atoms with Crippen molar-refractivity contribution in [2.75, 3.05) is 5.32 Å². The zero-order valence-electron chi connectivity index (χ0n) is 10.5. The molecule has 0 spiro atoms. The zero-order chi connectivity index (χ0) is 13.2. The Morgan fingerprint density at radius 3 is 2.84 bits per heavy atom. The summed E-state index contributed by atoms with van der Waals surface area (Å²) in [5.41, 5.74) is 3.25. The van der Waals surface area contributed by atoms with Crippen LogP contribution in [-0.2, 0) is 6.42 Å². The molecule has 1 N–H and O–H groups in total. The highest BCUT2D eigenvalue weighted by molar-refractivity contribution is 9.10. The minimum Gasteiger partial charge on any atom is -0.376 e. The highest BCUT2D eigenvalue weighted by Gasteiger charge is 2.20. The average molecular weight is 320 g/mol. The summed E-state index contributed by atoms with van der Waals surface area (Å²) < 4.78 is 14.7. The molecule has 0 fully saturated rings. The maximum atomic E-state index is 13.9. The number of nitrogens with one attached hydrogen (secondary N) is 1. The van der Waals surface area contributed by atoms with Crippen LogP contribution in [0.1, 0.15) is 30.0 Å². The van der Waals surface area contributed by atoms with E-state index < -0.39 is 0 Å². The van der Waals surface area contributed by atoms with Crippen molar-refractivity contribution in [3.63, 3.8) is 0 Å². The normalized spacial score (nSPS) is 17.9. The van der Waals surface area contributed by atoms with Crippen LogP contribution in [0.5, 0.6) is 0 Å². The van der Waals surface area contributed by atoms with Gasteiger partial charge in [0, 0.05) is 4.47 Å². The second-order valence-electron chi connectivity index (χ2n) is 4.91. The van der Waals surface area contributed by atoms with Crippen molar-refractivity contribution in [2.45, 2.75) is 25.3 Å². The van der Waals surface area contributed by atoms with E-state index >= 15 is 0 Å². The smallest absolute Gasteiger partial charge is 0.147 e. The van der Waals surface area contributed by atoms with Gasteiger partial charge < -0.3 is 5.32 Å². The molecular formula is C16H15BrFN. The van der Waals surface area contributed by atoms with Crippen molar-refractivity contribution in [3.05, 3.63) is 63.9 Å². The van der Waals surface area contributed by atoms with E-state index in [9.17, 15) is 4.39 Å². The minimum absolute atomic E-state index is 0.209. The maximum Gasteiger partial charge on any atom is 0.147 e. The fourth-order valence-corrected chi connectivity index (χ4v) is 3.03. The molecule has 0 amide bonds. The first-order valence-electron chi connectivity index (χ1n) is 6.53. The Morgan fingerprint density at radius 2 is 2.00 bits per heavy atom. The van der Waals surface area contributed by atoms with Crippen LogP contribution in [0.3, 0.4) is 0 Å². The van der Waals surface area contributed by atoms with Gasteiger partial charge in [-0.1, -0.05) is 40.2 Å². The summed E-state index contributed by atoms with van der Waals surface area (Å²) in [5, 5.41) is 3.34. The Balaban J connectivity index is 1.88. The van der Waals surface area contributed by atoms with Crippen LogP contribution in [0.4, 0.5) is 10.1 Å². The van der Waals surface area contributed by atoms with Gasteiger partial charge >= 0.3 is 0 Å². The van der Waals surface area contributed by atoms with Gasteiger partial charge in [-0.05, 0) is 48.6 Å². The fourth-order valence-electron chi connectivity index (χ4n) is 2.70. The molecular weight excluding hydrogens is 305 g/mol. The highest BCUT2D eigenvalue weighted by atomic mass is 79.9. The first kappa shape index (κ1) is 12.7. The molecule has 2 aromatic carbocycles. The number of rotatable bonds is 2. The van der Waals surface area contributed by atoms with E-state index in [0.29, 0.717) is 5.69 Å². The first-order valence-corrected chi connectivity index (χ1v) is 7.33. The highest BCUT2D eigenvalue weighted by Crippen LogP contribution is 2.33. The summed E-state index contributed by atoms with van der Waals surface area (Å²) in [7, 11) is 0. The van der Waals surface area contributed by atoms with Gasteiger partial charge in [0.2, 0.25) is 0 Å². The SMILES string of the molecule is Fc1cc(Br)ccc1NC1CCCc2ccccc21. The number of halogens is 2. The fraction of sp³-hybridized carbons (Fsp3) is 0.250. The Kier molecular flexibility index (Phi) is 3.56. The van der Waals surface area contributed by atoms with Gasteiger partial charge in [-0.3, -0.25) is 0 Å². The standard InChI is InChI=1S/C16H15BrFN/c17-12-8-9-16(14(18)10-12)19-15-7-3-5-11-4-1-2-6-13(11)15/h1-2,4,6,8-10,15,19H,3,5,7H2. The Labute approximate surface area is 121 Å². The Bertz CT molecular complexity index is 597. The quantitative estimate of drug-likeness (QED) is 0.814. The third-order valence-electron chi connectivity index (χ3n) is 3.63. The molecule has 1 aliphatic rings. The number of anilines is 1. The predicted octanol–water partition coefficient (Wildman–Crippen LogP) is 5.08. The number of fused-ring (bicyclic) bond motifs is 1. The van der Waals surface area contributed by atoms with E-state index in [1.807, 2.05) is 6.07 Å². The molecule has 0 bridgehead atoms. The molecule has 2 aromatic rings. The van der Waals surface area contributed by atoms with Crippen LogP contribution in [0, 0.1) is 5.82 Å². The van der Waals surface area contributed by atoms with Gasteiger partial charge in [-0.2, -0.15) is 0 Å². The monoisotopic (exact) mass is 319 g/mol. The van der Waals surface area contributed by atoms with Crippen molar-refractivity contribution in [3.8, 4) is 0 Å². The summed E-state index contributed by atoms with van der Waals surface area (Å²) >= 11 is 3.28. The maximum absolute atomic E-state index is 13.9. The lowest BCUT2D eigenvalue weighted by Gasteiger charge is -2.27. The topological polar surface area (TPSA) is 12.0 Å². The van der Waals surface area contributed by atoms with Crippen molar-refractivity contribution in [1.82, 2.24) is 0 Å². The molecule has 1 aliphatic carbocycles. The van der Waals surface area contributed by atoms with Crippen LogP contribution in [0.25, 0.3) is 0 Å². The van der Waals surface area contributed by atoms with Crippen molar-refractivity contribution in [1.29, 1.82) is 0 Å².